The van der Waals surface area contributed by atoms with E-state index in [0.29, 0.717) is 21.9 Å². The maximum absolute atomic E-state index is 13.1. The number of amides is 1. The van der Waals surface area contributed by atoms with Crippen LogP contribution in [0, 0.1) is 0 Å². The number of hydrogen-bond donors (Lipinski definition) is 1. The van der Waals surface area contributed by atoms with Crippen LogP contribution in [0.5, 0.6) is 0 Å². The van der Waals surface area contributed by atoms with E-state index in [0.717, 1.165) is 31.5 Å². The lowest BCUT2D eigenvalue weighted by Crippen LogP contribution is -2.40. The van der Waals surface area contributed by atoms with Crippen LogP contribution in [0.4, 0.5) is 5.95 Å². The first-order valence-electron chi connectivity index (χ1n) is 9.37. The number of carbonyl (C=O) groups is 1. The molecule has 1 saturated heterocycles. The zero-order chi connectivity index (χ0) is 19.7. The molecule has 1 N–H and O–H groups in total. The third-order valence-corrected chi connectivity index (χ3v) is 5.38. The molecule has 144 valence electrons. The van der Waals surface area contributed by atoms with Gasteiger partial charge in [-0.25, -0.2) is 4.98 Å². The first-order chi connectivity index (χ1) is 13.5. The number of anilines is 1. The zero-order valence-electron chi connectivity index (χ0n) is 15.6. The third-order valence-electron chi connectivity index (χ3n) is 5.13. The molecule has 1 atom stereocenters. The van der Waals surface area contributed by atoms with Crippen LogP contribution >= 0.6 is 11.6 Å². The lowest BCUT2D eigenvalue weighted by molar-refractivity contribution is -0.118. The lowest BCUT2D eigenvalue weighted by Gasteiger charge is -2.23. The Balaban J connectivity index is 1.73. The fourth-order valence-corrected chi connectivity index (χ4v) is 3.59. The number of halogens is 1. The molecule has 0 aliphatic carbocycles. The molecule has 1 unspecified atom stereocenters. The second-order valence-electron chi connectivity index (χ2n) is 7.01. The van der Waals surface area contributed by atoms with E-state index >= 15 is 0 Å². The Labute approximate surface area is 167 Å². The summed E-state index contributed by atoms with van der Waals surface area (Å²) in [5.41, 5.74) is 3.97. The van der Waals surface area contributed by atoms with E-state index in [1.54, 1.807) is 31.2 Å². The van der Waals surface area contributed by atoms with E-state index in [1.165, 1.54) is 4.68 Å². The molecule has 2 aromatic carbocycles. The Kier molecular flexibility index (Phi) is 5.05. The molecule has 2 heterocycles. The van der Waals surface area contributed by atoms with E-state index in [9.17, 15) is 9.59 Å². The Bertz CT molecular complexity index is 1070. The zero-order valence-corrected chi connectivity index (χ0v) is 16.3. The fraction of sp³-hybridized carbons (Fsp3) is 0.286. The quantitative estimate of drug-likeness (QED) is 0.732. The standard InChI is InChI=1S/C21H21ClN4O2/c1-14(15-8-10-16(22)11-9-15)19(27)24-26-20(28)17-6-2-3-7-18(17)23-21(26)25-12-4-5-13-25/h2-3,6-11,14H,4-5,12-13H2,1H3,(H,24,27). The van der Waals surface area contributed by atoms with Gasteiger partial charge in [-0.05, 0) is 49.6 Å². The highest BCUT2D eigenvalue weighted by molar-refractivity contribution is 6.30. The van der Waals surface area contributed by atoms with Crippen molar-refractivity contribution < 1.29 is 4.79 Å². The minimum atomic E-state index is -0.443. The summed E-state index contributed by atoms with van der Waals surface area (Å²) in [5.74, 6) is -0.234. The van der Waals surface area contributed by atoms with Crippen molar-refractivity contribution in [2.24, 2.45) is 0 Å². The van der Waals surface area contributed by atoms with E-state index in [1.807, 2.05) is 29.2 Å². The highest BCUT2D eigenvalue weighted by Crippen LogP contribution is 2.21. The summed E-state index contributed by atoms with van der Waals surface area (Å²) in [6, 6.07) is 14.3. The maximum Gasteiger partial charge on any atom is 0.281 e. The molecule has 0 radical (unpaired) electrons. The fourth-order valence-electron chi connectivity index (χ4n) is 3.46. The number of nitrogens with zero attached hydrogens (tertiary/aromatic N) is 3. The van der Waals surface area contributed by atoms with Gasteiger partial charge in [-0.1, -0.05) is 35.9 Å². The van der Waals surface area contributed by atoms with E-state index in [4.69, 9.17) is 11.6 Å². The smallest absolute Gasteiger partial charge is 0.281 e. The van der Waals surface area contributed by atoms with Gasteiger partial charge in [0.05, 0.1) is 16.8 Å². The second kappa shape index (κ2) is 7.64. The summed E-state index contributed by atoms with van der Waals surface area (Å²) in [4.78, 5) is 32.7. The predicted molar refractivity (Wildman–Crippen MR) is 112 cm³/mol. The molecular formula is C21H21ClN4O2. The van der Waals surface area contributed by atoms with Crippen molar-refractivity contribution in [1.29, 1.82) is 0 Å². The molecule has 3 aromatic rings. The van der Waals surface area contributed by atoms with Gasteiger partial charge < -0.3 is 4.90 Å². The van der Waals surface area contributed by atoms with E-state index < -0.39 is 5.92 Å². The molecular weight excluding hydrogens is 376 g/mol. The summed E-state index contributed by atoms with van der Waals surface area (Å²) in [6.45, 7) is 3.42. The van der Waals surface area contributed by atoms with Crippen LogP contribution in [0.25, 0.3) is 10.9 Å². The molecule has 1 aromatic heterocycles. The summed E-state index contributed by atoms with van der Waals surface area (Å²) in [7, 11) is 0. The topological polar surface area (TPSA) is 67.2 Å². The van der Waals surface area contributed by atoms with Gasteiger partial charge >= 0.3 is 0 Å². The van der Waals surface area contributed by atoms with Crippen LogP contribution in [-0.4, -0.2) is 28.7 Å². The molecule has 28 heavy (non-hydrogen) atoms. The maximum atomic E-state index is 13.1. The van der Waals surface area contributed by atoms with Crippen molar-refractivity contribution in [2.75, 3.05) is 23.4 Å². The predicted octanol–water partition coefficient (Wildman–Crippen LogP) is 3.52. The highest BCUT2D eigenvalue weighted by Gasteiger charge is 2.23. The number of benzene rings is 2. The van der Waals surface area contributed by atoms with Crippen molar-refractivity contribution in [3.8, 4) is 0 Å². The number of fused-ring (bicyclic) bond motifs is 1. The van der Waals surface area contributed by atoms with Crippen LogP contribution in [0.2, 0.25) is 5.02 Å². The van der Waals surface area contributed by atoms with Crippen LogP contribution in [0.15, 0.2) is 53.3 Å². The third kappa shape index (κ3) is 3.47. The number of aromatic nitrogens is 2. The van der Waals surface area contributed by atoms with Gasteiger partial charge in [0.15, 0.2) is 0 Å². The van der Waals surface area contributed by atoms with Gasteiger partial charge in [0.1, 0.15) is 0 Å². The van der Waals surface area contributed by atoms with Gasteiger partial charge in [-0.3, -0.25) is 15.0 Å². The van der Waals surface area contributed by atoms with Crippen LogP contribution in [0.1, 0.15) is 31.2 Å². The van der Waals surface area contributed by atoms with Crippen molar-refractivity contribution in [3.05, 3.63) is 69.5 Å². The molecule has 1 fully saturated rings. The van der Waals surface area contributed by atoms with Crippen LogP contribution in [0.3, 0.4) is 0 Å². The average Bonchev–Trinajstić information content (AvgIpc) is 3.24. The SMILES string of the molecule is CC(C(=O)Nn1c(N2CCCC2)nc2ccccc2c1=O)c1ccc(Cl)cc1. The van der Waals surface area contributed by atoms with Crippen LogP contribution < -0.4 is 15.9 Å². The molecule has 0 bridgehead atoms. The average molecular weight is 397 g/mol. The van der Waals surface area contributed by atoms with Crippen LogP contribution in [-0.2, 0) is 4.79 Å². The molecule has 1 aliphatic heterocycles. The van der Waals surface area contributed by atoms with Crippen molar-refractivity contribution in [1.82, 2.24) is 9.66 Å². The Morgan fingerprint density at radius 3 is 2.50 bits per heavy atom. The van der Waals surface area contributed by atoms with Crippen molar-refractivity contribution >= 4 is 34.4 Å². The highest BCUT2D eigenvalue weighted by atomic mass is 35.5. The molecule has 7 heteroatoms. The van der Waals surface area contributed by atoms with Gasteiger partial charge in [0, 0.05) is 18.1 Å². The summed E-state index contributed by atoms with van der Waals surface area (Å²) in [5, 5.41) is 1.09. The number of rotatable bonds is 4. The monoisotopic (exact) mass is 396 g/mol. The van der Waals surface area contributed by atoms with Crippen molar-refractivity contribution in [3.63, 3.8) is 0 Å². The summed E-state index contributed by atoms with van der Waals surface area (Å²) >= 11 is 5.94. The van der Waals surface area contributed by atoms with Gasteiger partial charge in [0.2, 0.25) is 11.9 Å². The summed E-state index contributed by atoms with van der Waals surface area (Å²) in [6.07, 6.45) is 2.08. The minimum Gasteiger partial charge on any atom is -0.341 e. The van der Waals surface area contributed by atoms with E-state index in [2.05, 4.69) is 10.4 Å². The Hall–Kier alpha value is -2.86. The molecule has 1 aliphatic rings. The number of hydrogen-bond acceptors (Lipinski definition) is 4. The molecule has 6 nitrogen and oxygen atoms in total. The lowest BCUT2D eigenvalue weighted by atomic mass is 10.0. The second-order valence-corrected chi connectivity index (χ2v) is 7.45. The number of para-hydroxylation sites is 1. The molecule has 0 saturated carbocycles. The molecule has 1 amide bonds. The van der Waals surface area contributed by atoms with Gasteiger partial charge in [-0.15, -0.1) is 0 Å². The van der Waals surface area contributed by atoms with Gasteiger partial charge in [0.25, 0.3) is 5.56 Å². The first-order valence-corrected chi connectivity index (χ1v) is 9.75. The Morgan fingerprint density at radius 2 is 1.79 bits per heavy atom. The first kappa shape index (κ1) is 18.5. The van der Waals surface area contributed by atoms with Gasteiger partial charge in [-0.2, -0.15) is 4.68 Å². The summed E-state index contributed by atoms with van der Waals surface area (Å²) < 4.78 is 1.29. The molecule has 4 rings (SSSR count). The normalized spacial score (nSPS) is 15.0. The largest absolute Gasteiger partial charge is 0.341 e. The van der Waals surface area contributed by atoms with Crippen molar-refractivity contribution in [2.45, 2.75) is 25.7 Å². The number of nitrogens with one attached hydrogen (secondary N) is 1. The Morgan fingerprint density at radius 1 is 1.11 bits per heavy atom. The van der Waals surface area contributed by atoms with E-state index in [-0.39, 0.29) is 11.5 Å². The minimum absolute atomic E-state index is 0.274. The molecule has 0 spiro atoms. The number of carbonyl (C=O) groups excluding carboxylic acids is 1.